The largest absolute Gasteiger partial charge is 0.378 e. The summed E-state index contributed by atoms with van der Waals surface area (Å²) in [5.41, 5.74) is 3.28. The average molecular weight is 362 g/mol. The highest BCUT2D eigenvalue weighted by atomic mass is 16.5. The van der Waals surface area contributed by atoms with Gasteiger partial charge in [-0.2, -0.15) is 0 Å². The predicted octanol–water partition coefficient (Wildman–Crippen LogP) is 2.70. The van der Waals surface area contributed by atoms with Crippen LogP contribution in [0.2, 0.25) is 0 Å². The van der Waals surface area contributed by atoms with Crippen LogP contribution in [0.4, 0.5) is 5.82 Å². The fourth-order valence-electron chi connectivity index (χ4n) is 3.27. The van der Waals surface area contributed by atoms with Crippen molar-refractivity contribution in [2.45, 2.75) is 13.5 Å². The van der Waals surface area contributed by atoms with Crippen LogP contribution < -0.4 is 10.2 Å². The van der Waals surface area contributed by atoms with Gasteiger partial charge in [-0.05, 0) is 30.7 Å². The van der Waals surface area contributed by atoms with Gasteiger partial charge in [0.15, 0.2) is 0 Å². The molecule has 2 aromatic heterocycles. The number of nitrogens with zero attached hydrogens (tertiary/aromatic N) is 3. The minimum Gasteiger partial charge on any atom is -0.378 e. The minimum atomic E-state index is -0.103. The fourth-order valence-corrected chi connectivity index (χ4v) is 3.27. The first kappa shape index (κ1) is 17.4. The smallest absolute Gasteiger partial charge is 0.252 e. The van der Waals surface area contributed by atoms with Gasteiger partial charge in [-0.15, -0.1) is 0 Å². The minimum absolute atomic E-state index is 0.103. The van der Waals surface area contributed by atoms with E-state index < -0.39 is 0 Å². The molecule has 1 saturated heterocycles. The molecule has 3 heterocycles. The topological polar surface area (TPSA) is 67.4 Å². The molecule has 1 amide bonds. The maximum Gasteiger partial charge on any atom is 0.252 e. The first-order chi connectivity index (χ1) is 13.2. The monoisotopic (exact) mass is 362 g/mol. The number of pyridine rings is 2. The molecule has 0 atom stereocenters. The van der Waals surface area contributed by atoms with Crippen molar-refractivity contribution in [3.05, 3.63) is 65.5 Å². The summed E-state index contributed by atoms with van der Waals surface area (Å²) in [6.45, 7) is 5.52. The van der Waals surface area contributed by atoms with Crippen molar-refractivity contribution < 1.29 is 9.53 Å². The van der Waals surface area contributed by atoms with Crippen LogP contribution in [-0.4, -0.2) is 42.2 Å². The normalized spacial score (nSPS) is 14.3. The van der Waals surface area contributed by atoms with E-state index in [0.29, 0.717) is 12.1 Å². The van der Waals surface area contributed by atoms with Crippen LogP contribution in [0, 0.1) is 6.92 Å². The number of amides is 1. The summed E-state index contributed by atoms with van der Waals surface area (Å²) in [6, 6.07) is 13.5. The van der Waals surface area contributed by atoms with E-state index in [9.17, 15) is 4.79 Å². The van der Waals surface area contributed by atoms with Crippen molar-refractivity contribution in [2.24, 2.45) is 0 Å². The molecule has 1 N–H and O–H groups in total. The van der Waals surface area contributed by atoms with E-state index in [1.54, 1.807) is 0 Å². The Labute approximate surface area is 158 Å². The lowest BCUT2D eigenvalue weighted by Crippen LogP contribution is -2.36. The molecule has 1 aliphatic rings. The van der Waals surface area contributed by atoms with E-state index in [-0.39, 0.29) is 5.91 Å². The van der Waals surface area contributed by atoms with Gasteiger partial charge in [0.2, 0.25) is 0 Å². The number of hydrogen-bond acceptors (Lipinski definition) is 5. The standard InChI is InChI=1S/C21H22N4O2/c1-15-12-18(17-4-2-3-5-19(17)24-15)21(26)23-14-16-6-7-20(22-13-16)25-8-10-27-11-9-25/h2-7,12-13H,8-11,14H2,1H3,(H,23,26). The fraction of sp³-hybridized carbons (Fsp3) is 0.286. The van der Waals surface area contributed by atoms with Crippen LogP contribution in [0.3, 0.4) is 0 Å². The van der Waals surface area contributed by atoms with E-state index in [4.69, 9.17) is 4.74 Å². The molecule has 1 aliphatic heterocycles. The highest BCUT2D eigenvalue weighted by molar-refractivity contribution is 6.06. The number of morpholine rings is 1. The van der Waals surface area contributed by atoms with Crippen molar-refractivity contribution in [1.82, 2.24) is 15.3 Å². The quantitative estimate of drug-likeness (QED) is 0.773. The molecular formula is C21H22N4O2. The Bertz CT molecular complexity index is 950. The Morgan fingerprint density at radius 3 is 2.78 bits per heavy atom. The molecule has 27 heavy (non-hydrogen) atoms. The summed E-state index contributed by atoms with van der Waals surface area (Å²) in [5, 5.41) is 3.86. The van der Waals surface area contributed by atoms with Crippen LogP contribution in [0.5, 0.6) is 0 Å². The van der Waals surface area contributed by atoms with Gasteiger partial charge in [0, 0.05) is 36.9 Å². The molecule has 138 valence electrons. The zero-order valence-corrected chi connectivity index (χ0v) is 15.3. The third-order valence-corrected chi connectivity index (χ3v) is 4.69. The number of carbonyl (C=O) groups excluding carboxylic acids is 1. The maximum atomic E-state index is 12.7. The third-order valence-electron chi connectivity index (χ3n) is 4.69. The number of aromatic nitrogens is 2. The molecule has 1 aromatic carbocycles. The molecule has 0 saturated carbocycles. The molecule has 0 radical (unpaired) electrons. The van der Waals surface area contributed by atoms with Crippen LogP contribution >= 0.6 is 0 Å². The lowest BCUT2D eigenvalue weighted by Gasteiger charge is -2.27. The molecule has 1 fully saturated rings. The van der Waals surface area contributed by atoms with Crippen LogP contribution in [0.25, 0.3) is 10.9 Å². The van der Waals surface area contributed by atoms with E-state index in [1.165, 1.54) is 0 Å². The van der Waals surface area contributed by atoms with Crippen molar-refractivity contribution in [3.8, 4) is 0 Å². The van der Waals surface area contributed by atoms with Gasteiger partial charge in [0.1, 0.15) is 5.82 Å². The Kier molecular flexibility index (Phi) is 4.98. The van der Waals surface area contributed by atoms with Gasteiger partial charge in [-0.1, -0.05) is 24.3 Å². The summed E-state index contributed by atoms with van der Waals surface area (Å²) < 4.78 is 5.37. The molecule has 0 spiro atoms. The number of aryl methyl sites for hydroxylation is 1. The number of ether oxygens (including phenoxy) is 1. The second-order valence-electron chi connectivity index (χ2n) is 6.64. The van der Waals surface area contributed by atoms with Crippen molar-refractivity contribution in [2.75, 3.05) is 31.2 Å². The molecule has 6 nitrogen and oxygen atoms in total. The third kappa shape index (κ3) is 3.90. The molecule has 0 bridgehead atoms. The maximum absolute atomic E-state index is 12.7. The number of para-hydroxylation sites is 1. The second kappa shape index (κ2) is 7.72. The summed E-state index contributed by atoms with van der Waals surface area (Å²) >= 11 is 0. The van der Waals surface area contributed by atoms with Crippen LogP contribution in [0.15, 0.2) is 48.7 Å². The lowest BCUT2D eigenvalue weighted by molar-refractivity contribution is 0.0952. The van der Waals surface area contributed by atoms with E-state index in [1.807, 2.05) is 55.6 Å². The Morgan fingerprint density at radius 2 is 2.00 bits per heavy atom. The van der Waals surface area contributed by atoms with Crippen molar-refractivity contribution in [1.29, 1.82) is 0 Å². The SMILES string of the molecule is Cc1cc(C(=O)NCc2ccc(N3CCOCC3)nc2)c2ccccc2n1. The van der Waals surface area contributed by atoms with Crippen LogP contribution in [-0.2, 0) is 11.3 Å². The first-order valence-electron chi connectivity index (χ1n) is 9.13. The van der Waals surface area contributed by atoms with Crippen LogP contribution in [0.1, 0.15) is 21.6 Å². The van der Waals surface area contributed by atoms with Crippen molar-refractivity contribution in [3.63, 3.8) is 0 Å². The first-order valence-corrected chi connectivity index (χ1v) is 9.13. The van der Waals surface area contributed by atoms with E-state index in [0.717, 1.165) is 54.3 Å². The number of hydrogen-bond donors (Lipinski definition) is 1. The molecule has 6 heteroatoms. The molecule has 0 unspecified atom stereocenters. The molecule has 4 rings (SSSR count). The Morgan fingerprint density at radius 1 is 1.19 bits per heavy atom. The van der Waals surface area contributed by atoms with E-state index in [2.05, 4.69) is 20.2 Å². The number of benzene rings is 1. The molecule has 0 aliphatic carbocycles. The number of rotatable bonds is 4. The Balaban J connectivity index is 1.45. The van der Waals surface area contributed by atoms with Gasteiger partial charge in [-0.25, -0.2) is 4.98 Å². The molecular weight excluding hydrogens is 340 g/mol. The Hall–Kier alpha value is -2.99. The van der Waals surface area contributed by atoms with Gasteiger partial charge < -0.3 is 15.0 Å². The predicted molar refractivity (Wildman–Crippen MR) is 105 cm³/mol. The highest BCUT2D eigenvalue weighted by Crippen LogP contribution is 2.18. The number of carbonyl (C=O) groups is 1. The highest BCUT2D eigenvalue weighted by Gasteiger charge is 2.13. The van der Waals surface area contributed by atoms with Gasteiger partial charge in [0.25, 0.3) is 5.91 Å². The zero-order chi connectivity index (χ0) is 18.6. The average Bonchev–Trinajstić information content (AvgIpc) is 2.72. The number of anilines is 1. The summed E-state index contributed by atoms with van der Waals surface area (Å²) in [6.07, 6.45) is 1.82. The summed E-state index contributed by atoms with van der Waals surface area (Å²) in [7, 11) is 0. The van der Waals surface area contributed by atoms with Gasteiger partial charge in [-0.3, -0.25) is 9.78 Å². The van der Waals surface area contributed by atoms with E-state index >= 15 is 0 Å². The van der Waals surface area contributed by atoms with Gasteiger partial charge >= 0.3 is 0 Å². The summed E-state index contributed by atoms with van der Waals surface area (Å²) in [5.74, 6) is 0.845. The van der Waals surface area contributed by atoms with Crippen molar-refractivity contribution >= 4 is 22.6 Å². The number of fused-ring (bicyclic) bond motifs is 1. The summed E-state index contributed by atoms with van der Waals surface area (Å²) in [4.78, 5) is 23.9. The second-order valence-corrected chi connectivity index (χ2v) is 6.64. The zero-order valence-electron chi connectivity index (χ0n) is 15.3. The lowest BCUT2D eigenvalue weighted by atomic mass is 10.1. The van der Waals surface area contributed by atoms with Gasteiger partial charge in [0.05, 0.1) is 24.3 Å². The molecule has 3 aromatic rings. The number of nitrogens with one attached hydrogen (secondary N) is 1.